The van der Waals surface area contributed by atoms with Crippen molar-refractivity contribution in [1.82, 2.24) is 15.1 Å². The van der Waals surface area contributed by atoms with E-state index in [0.717, 1.165) is 6.42 Å². The number of carbonyl (C=O) groups excluding carboxylic acids is 1. The Hall–Kier alpha value is -1.82. The van der Waals surface area contributed by atoms with Crippen LogP contribution in [0.3, 0.4) is 0 Å². The van der Waals surface area contributed by atoms with Crippen LogP contribution in [0.1, 0.15) is 22.8 Å². The molecule has 0 aliphatic heterocycles. The molecule has 0 saturated heterocycles. The zero-order chi connectivity index (χ0) is 13.1. The summed E-state index contributed by atoms with van der Waals surface area (Å²) in [5, 5.41) is 11.0. The van der Waals surface area contributed by atoms with E-state index in [1.807, 2.05) is 12.3 Å². The number of anilines is 1. The maximum absolute atomic E-state index is 12.0. The molecule has 0 radical (unpaired) electrons. The van der Waals surface area contributed by atoms with E-state index in [0.29, 0.717) is 11.4 Å². The second-order valence-corrected chi connectivity index (χ2v) is 5.06. The summed E-state index contributed by atoms with van der Waals surface area (Å²) >= 11 is 1.66. The Bertz CT molecular complexity index is 532. The Kier molecular flexibility index (Phi) is 3.66. The number of hydrogen-bond donors (Lipinski definition) is 2. The summed E-state index contributed by atoms with van der Waals surface area (Å²) < 4.78 is 1.48. The number of hydrogen-bond acceptors (Lipinski definition) is 4. The number of amides is 1. The van der Waals surface area contributed by atoms with Gasteiger partial charge in [0.2, 0.25) is 0 Å². The molecule has 0 saturated carbocycles. The maximum Gasteiger partial charge on any atom is 0.256 e. The molecule has 6 heteroatoms. The number of carbonyl (C=O) groups is 1. The Morgan fingerprint density at radius 3 is 3.00 bits per heavy atom. The summed E-state index contributed by atoms with van der Waals surface area (Å²) in [6.07, 6.45) is 2.30. The SMILES string of the molecule is CC(Cc1ccsc1)NC(=O)c1cnn(C)c1N. The largest absolute Gasteiger partial charge is 0.383 e. The molecule has 0 aliphatic rings. The van der Waals surface area contributed by atoms with Crippen LogP contribution < -0.4 is 11.1 Å². The van der Waals surface area contributed by atoms with Gasteiger partial charge < -0.3 is 11.1 Å². The number of nitrogens with one attached hydrogen (secondary N) is 1. The first-order valence-corrected chi connectivity index (χ1v) is 6.61. The molecule has 18 heavy (non-hydrogen) atoms. The second-order valence-electron chi connectivity index (χ2n) is 4.28. The van der Waals surface area contributed by atoms with Gasteiger partial charge in [0.25, 0.3) is 5.91 Å². The van der Waals surface area contributed by atoms with Crippen molar-refractivity contribution in [2.24, 2.45) is 7.05 Å². The third-order valence-electron chi connectivity index (χ3n) is 2.73. The topological polar surface area (TPSA) is 72.9 Å². The number of nitrogens with two attached hydrogens (primary N) is 1. The molecule has 0 fully saturated rings. The van der Waals surface area contributed by atoms with E-state index < -0.39 is 0 Å². The lowest BCUT2D eigenvalue weighted by Gasteiger charge is -2.12. The molecule has 5 nitrogen and oxygen atoms in total. The molecule has 3 N–H and O–H groups in total. The molecule has 0 aromatic carbocycles. The molecular weight excluding hydrogens is 248 g/mol. The van der Waals surface area contributed by atoms with Gasteiger partial charge in [-0.3, -0.25) is 9.48 Å². The highest BCUT2D eigenvalue weighted by Crippen LogP contribution is 2.11. The molecule has 96 valence electrons. The molecular formula is C12H16N4OS. The maximum atomic E-state index is 12.0. The van der Waals surface area contributed by atoms with Gasteiger partial charge in [-0.2, -0.15) is 16.4 Å². The minimum absolute atomic E-state index is 0.0618. The average molecular weight is 264 g/mol. The third-order valence-corrected chi connectivity index (χ3v) is 3.46. The van der Waals surface area contributed by atoms with Crippen LogP contribution in [0.4, 0.5) is 5.82 Å². The van der Waals surface area contributed by atoms with Gasteiger partial charge >= 0.3 is 0 Å². The number of nitrogen functional groups attached to an aromatic ring is 1. The van der Waals surface area contributed by atoms with Gasteiger partial charge in [0.1, 0.15) is 11.4 Å². The van der Waals surface area contributed by atoms with Crippen LogP contribution in [0.25, 0.3) is 0 Å². The van der Waals surface area contributed by atoms with Crippen LogP contribution >= 0.6 is 11.3 Å². The number of thiophene rings is 1. The summed E-state index contributed by atoms with van der Waals surface area (Å²) in [6.45, 7) is 1.97. The van der Waals surface area contributed by atoms with Crippen LogP contribution in [-0.2, 0) is 13.5 Å². The standard InChI is InChI=1S/C12H16N4OS/c1-8(5-9-3-4-18-7-9)15-12(17)10-6-14-16(2)11(10)13/h3-4,6-8H,5,13H2,1-2H3,(H,15,17). The Balaban J connectivity index is 1.97. The van der Waals surface area contributed by atoms with Crippen molar-refractivity contribution in [3.63, 3.8) is 0 Å². The first kappa shape index (κ1) is 12.6. The fourth-order valence-electron chi connectivity index (χ4n) is 1.74. The number of aromatic nitrogens is 2. The van der Waals surface area contributed by atoms with Crippen molar-refractivity contribution in [2.45, 2.75) is 19.4 Å². The van der Waals surface area contributed by atoms with Gasteiger partial charge in [0.05, 0.1) is 6.20 Å². The van der Waals surface area contributed by atoms with Crippen molar-refractivity contribution in [3.8, 4) is 0 Å². The molecule has 2 aromatic rings. The summed E-state index contributed by atoms with van der Waals surface area (Å²) in [6, 6.07) is 2.12. The number of rotatable bonds is 4. The highest BCUT2D eigenvalue weighted by atomic mass is 32.1. The normalized spacial score (nSPS) is 12.3. The zero-order valence-electron chi connectivity index (χ0n) is 10.4. The molecule has 0 aliphatic carbocycles. The molecule has 0 spiro atoms. The number of nitrogens with zero attached hydrogens (tertiary/aromatic N) is 2. The molecule has 2 rings (SSSR count). The van der Waals surface area contributed by atoms with Crippen molar-refractivity contribution in [1.29, 1.82) is 0 Å². The van der Waals surface area contributed by atoms with Crippen molar-refractivity contribution in [3.05, 3.63) is 34.2 Å². The van der Waals surface area contributed by atoms with Crippen LogP contribution in [0, 0.1) is 0 Å². The van der Waals surface area contributed by atoms with Gasteiger partial charge in [-0.05, 0) is 35.7 Å². The van der Waals surface area contributed by atoms with Gasteiger partial charge in [-0.1, -0.05) is 0 Å². The lowest BCUT2D eigenvalue weighted by Crippen LogP contribution is -2.34. The van der Waals surface area contributed by atoms with E-state index in [9.17, 15) is 4.79 Å². The Labute approximate surface area is 110 Å². The van der Waals surface area contributed by atoms with Gasteiger partial charge in [-0.25, -0.2) is 0 Å². The van der Waals surface area contributed by atoms with E-state index >= 15 is 0 Å². The summed E-state index contributed by atoms with van der Waals surface area (Å²) in [5.74, 6) is 0.207. The van der Waals surface area contributed by atoms with Gasteiger partial charge in [0.15, 0.2) is 0 Å². The minimum Gasteiger partial charge on any atom is -0.383 e. The predicted molar refractivity (Wildman–Crippen MR) is 72.6 cm³/mol. The van der Waals surface area contributed by atoms with Crippen LogP contribution in [0.15, 0.2) is 23.0 Å². The predicted octanol–water partition coefficient (Wildman–Crippen LogP) is 1.42. The third kappa shape index (κ3) is 2.70. The summed E-state index contributed by atoms with van der Waals surface area (Å²) in [5.41, 5.74) is 7.41. The van der Waals surface area contributed by atoms with Crippen molar-refractivity contribution >= 4 is 23.1 Å². The Morgan fingerprint density at radius 2 is 2.44 bits per heavy atom. The Morgan fingerprint density at radius 1 is 1.67 bits per heavy atom. The first-order chi connectivity index (χ1) is 8.58. The highest BCUT2D eigenvalue weighted by Gasteiger charge is 2.15. The van der Waals surface area contributed by atoms with Crippen LogP contribution in [0.2, 0.25) is 0 Å². The van der Waals surface area contributed by atoms with E-state index in [1.165, 1.54) is 16.4 Å². The zero-order valence-corrected chi connectivity index (χ0v) is 11.2. The first-order valence-electron chi connectivity index (χ1n) is 5.67. The number of aryl methyl sites for hydroxylation is 1. The fourth-order valence-corrected chi connectivity index (χ4v) is 2.42. The van der Waals surface area contributed by atoms with E-state index in [-0.39, 0.29) is 11.9 Å². The molecule has 2 aromatic heterocycles. The van der Waals surface area contributed by atoms with E-state index in [1.54, 1.807) is 18.4 Å². The van der Waals surface area contributed by atoms with Crippen LogP contribution in [-0.4, -0.2) is 21.7 Å². The summed E-state index contributed by atoms with van der Waals surface area (Å²) in [4.78, 5) is 12.0. The van der Waals surface area contributed by atoms with E-state index in [4.69, 9.17) is 5.73 Å². The molecule has 2 heterocycles. The summed E-state index contributed by atoms with van der Waals surface area (Å²) in [7, 11) is 1.71. The molecule has 1 atom stereocenters. The average Bonchev–Trinajstić information content (AvgIpc) is 2.91. The van der Waals surface area contributed by atoms with Crippen molar-refractivity contribution in [2.75, 3.05) is 5.73 Å². The molecule has 0 bridgehead atoms. The lowest BCUT2D eigenvalue weighted by atomic mass is 10.1. The van der Waals surface area contributed by atoms with Crippen LogP contribution in [0.5, 0.6) is 0 Å². The van der Waals surface area contributed by atoms with Gasteiger partial charge in [-0.15, -0.1) is 0 Å². The fraction of sp³-hybridized carbons (Fsp3) is 0.333. The molecule has 1 amide bonds. The van der Waals surface area contributed by atoms with E-state index in [2.05, 4.69) is 21.9 Å². The highest BCUT2D eigenvalue weighted by molar-refractivity contribution is 7.07. The quantitative estimate of drug-likeness (QED) is 0.877. The lowest BCUT2D eigenvalue weighted by molar-refractivity contribution is 0.0941. The smallest absolute Gasteiger partial charge is 0.256 e. The monoisotopic (exact) mass is 264 g/mol. The van der Waals surface area contributed by atoms with Crippen molar-refractivity contribution < 1.29 is 4.79 Å². The molecule has 1 unspecified atom stereocenters. The minimum atomic E-state index is -0.177. The van der Waals surface area contributed by atoms with Gasteiger partial charge in [0, 0.05) is 13.1 Å². The second kappa shape index (κ2) is 5.22.